The van der Waals surface area contributed by atoms with E-state index in [4.69, 9.17) is 14.2 Å². The van der Waals surface area contributed by atoms with Crippen LogP contribution in [0.15, 0.2) is 41.5 Å². The molecule has 5 aliphatic rings. The summed E-state index contributed by atoms with van der Waals surface area (Å²) in [5.74, 6) is -1.48. The molecule has 7 heteroatoms. The third-order valence-corrected chi connectivity index (χ3v) is 10.1. The Morgan fingerprint density at radius 1 is 1.14 bits per heavy atom. The maximum Gasteiger partial charge on any atom is 0.338 e. The molecule has 1 aromatic rings. The first-order chi connectivity index (χ1) is 17.0. The van der Waals surface area contributed by atoms with Crippen LogP contribution in [0.1, 0.15) is 63.7 Å². The molecule has 1 saturated heterocycles. The van der Waals surface area contributed by atoms with Crippen LogP contribution in [0.3, 0.4) is 0 Å². The van der Waals surface area contributed by atoms with Crippen LogP contribution in [0, 0.1) is 28.6 Å². The Morgan fingerprint density at radius 2 is 1.86 bits per heavy atom. The molecule has 1 N–H and O–H groups in total. The fourth-order valence-corrected chi connectivity index (χ4v) is 8.12. The molecule has 0 aromatic heterocycles. The highest BCUT2D eigenvalue weighted by atomic mass is 16.6. The summed E-state index contributed by atoms with van der Waals surface area (Å²) in [6, 6.07) is 8.79. The number of rotatable bonds is 3. The summed E-state index contributed by atoms with van der Waals surface area (Å²) in [5.41, 5.74) is -1.22. The zero-order valence-corrected chi connectivity index (χ0v) is 21.3. The van der Waals surface area contributed by atoms with Gasteiger partial charge in [-0.3, -0.25) is 9.59 Å². The topological polar surface area (TPSA) is 99.1 Å². The minimum absolute atomic E-state index is 0.00682. The minimum Gasteiger partial charge on any atom is -0.455 e. The minimum atomic E-state index is -1.45. The Hall–Kier alpha value is -2.51. The summed E-state index contributed by atoms with van der Waals surface area (Å²) >= 11 is 0. The smallest absolute Gasteiger partial charge is 0.338 e. The lowest BCUT2D eigenvalue weighted by Crippen LogP contribution is -2.70. The molecule has 36 heavy (non-hydrogen) atoms. The lowest BCUT2D eigenvalue weighted by molar-refractivity contribution is -0.243. The van der Waals surface area contributed by atoms with Gasteiger partial charge in [0.05, 0.1) is 18.3 Å². The Labute approximate surface area is 211 Å². The van der Waals surface area contributed by atoms with E-state index in [-0.39, 0.29) is 23.7 Å². The van der Waals surface area contributed by atoms with Gasteiger partial charge in [-0.25, -0.2) is 4.79 Å². The molecule has 2 bridgehead atoms. The fraction of sp³-hybridized carbons (Fsp3) is 0.621. The van der Waals surface area contributed by atoms with Gasteiger partial charge < -0.3 is 19.3 Å². The molecule has 7 nitrogen and oxygen atoms in total. The van der Waals surface area contributed by atoms with Crippen molar-refractivity contribution in [2.24, 2.45) is 28.6 Å². The van der Waals surface area contributed by atoms with Crippen molar-refractivity contribution in [2.75, 3.05) is 6.61 Å². The van der Waals surface area contributed by atoms with E-state index in [1.54, 1.807) is 24.3 Å². The Bertz CT molecular complexity index is 1170. The molecule has 0 radical (unpaired) electrons. The second-order valence-corrected chi connectivity index (χ2v) is 12.0. The zero-order chi connectivity index (χ0) is 25.6. The first kappa shape index (κ1) is 23.9. The number of fused-ring (bicyclic) bond motifs is 4. The van der Waals surface area contributed by atoms with Crippen molar-refractivity contribution in [3.05, 3.63) is 47.0 Å². The summed E-state index contributed by atoms with van der Waals surface area (Å²) in [6.07, 6.45) is 0.352. The predicted octanol–water partition coefficient (Wildman–Crippen LogP) is 3.64. The van der Waals surface area contributed by atoms with Crippen molar-refractivity contribution >= 4 is 17.7 Å². The molecular formula is C29H34O7. The molecule has 3 saturated carbocycles. The van der Waals surface area contributed by atoms with Gasteiger partial charge in [-0.05, 0) is 56.2 Å². The van der Waals surface area contributed by atoms with Crippen LogP contribution in [0.5, 0.6) is 0 Å². The van der Waals surface area contributed by atoms with Crippen LogP contribution >= 0.6 is 0 Å². The largest absolute Gasteiger partial charge is 0.455 e. The van der Waals surface area contributed by atoms with E-state index in [1.807, 2.05) is 26.8 Å². The van der Waals surface area contributed by atoms with Crippen molar-refractivity contribution in [2.45, 2.75) is 77.3 Å². The van der Waals surface area contributed by atoms with Crippen molar-refractivity contribution in [1.29, 1.82) is 0 Å². The van der Waals surface area contributed by atoms with E-state index in [2.05, 4.69) is 0 Å². The molecule has 0 amide bonds. The number of allylic oxidation sites excluding steroid dienone is 1. The van der Waals surface area contributed by atoms with E-state index >= 15 is 0 Å². The maximum absolute atomic E-state index is 14.5. The molecule has 4 aliphatic carbocycles. The van der Waals surface area contributed by atoms with Gasteiger partial charge in [-0.15, -0.1) is 0 Å². The van der Waals surface area contributed by atoms with Crippen molar-refractivity contribution < 1.29 is 33.7 Å². The number of ketones is 1. The van der Waals surface area contributed by atoms with Crippen LogP contribution < -0.4 is 0 Å². The fourth-order valence-electron chi connectivity index (χ4n) is 8.12. The molecule has 1 aromatic carbocycles. The average Bonchev–Trinajstić information content (AvgIpc) is 3.55. The second-order valence-electron chi connectivity index (χ2n) is 12.0. The summed E-state index contributed by atoms with van der Waals surface area (Å²) in [4.78, 5) is 40.2. The number of carbonyl (C=O) groups is 3. The Kier molecular flexibility index (Phi) is 5.13. The SMILES string of the molecule is CC(=O)O[C@@H]1C(=O)[C@@]23C[C@@H]2C[C@@H]2OC[C@@H]2[C@@H]3[C@@H](OC(=O)c2ccccc2)[C@@]2(O)CCC(C)=C1C2(C)C. The maximum atomic E-state index is 14.5. The van der Waals surface area contributed by atoms with Gasteiger partial charge in [-0.1, -0.05) is 37.6 Å². The summed E-state index contributed by atoms with van der Waals surface area (Å²) in [6.45, 7) is 7.51. The number of ether oxygens (including phenoxy) is 3. The lowest BCUT2D eigenvalue weighted by Gasteiger charge is -2.60. The molecule has 6 rings (SSSR count). The number of benzene rings is 1. The molecule has 0 unspecified atom stereocenters. The molecule has 1 aliphatic heterocycles. The van der Waals surface area contributed by atoms with Crippen LogP contribution in [-0.2, 0) is 23.8 Å². The number of Topliss-reactive ketones (excluding diaryl/α,β-unsaturated/α-hetero) is 1. The van der Waals surface area contributed by atoms with Crippen molar-refractivity contribution in [3.8, 4) is 0 Å². The van der Waals surface area contributed by atoms with Crippen LogP contribution in [0.4, 0.5) is 0 Å². The van der Waals surface area contributed by atoms with E-state index in [1.165, 1.54) is 6.92 Å². The molecule has 4 fully saturated rings. The quantitative estimate of drug-likeness (QED) is 0.506. The Balaban J connectivity index is 1.54. The standard InChI is InChI=1S/C29H34O7/c1-15-10-11-29(33)25(36-26(32)17-8-6-5-7-9-17)22-19-14-34-20(19)12-18-13-28(18,22)24(31)23(35-16(2)30)21(15)27(29,3)4/h5-9,18-20,22-23,25,33H,10-14H2,1-4H3/t18-,19-,20-,22+,23-,25+,28-,29-/m0/s1. The first-order valence-corrected chi connectivity index (χ1v) is 13.0. The summed E-state index contributed by atoms with van der Waals surface area (Å²) in [7, 11) is 0. The first-order valence-electron chi connectivity index (χ1n) is 13.0. The molecular weight excluding hydrogens is 460 g/mol. The van der Waals surface area contributed by atoms with Gasteiger partial charge in [0.15, 0.2) is 11.9 Å². The van der Waals surface area contributed by atoms with Gasteiger partial charge in [0.1, 0.15) is 11.7 Å². The molecule has 192 valence electrons. The highest BCUT2D eigenvalue weighted by Crippen LogP contribution is 2.73. The highest BCUT2D eigenvalue weighted by molar-refractivity contribution is 5.97. The van der Waals surface area contributed by atoms with Gasteiger partial charge in [-0.2, -0.15) is 0 Å². The van der Waals surface area contributed by atoms with Crippen LogP contribution in [0.2, 0.25) is 0 Å². The lowest BCUT2D eigenvalue weighted by atomic mass is 9.50. The van der Waals surface area contributed by atoms with E-state index < -0.39 is 46.5 Å². The van der Waals surface area contributed by atoms with E-state index in [0.717, 1.165) is 12.0 Å². The van der Waals surface area contributed by atoms with E-state index in [0.29, 0.717) is 37.0 Å². The normalized spacial score (nSPS) is 42.0. The van der Waals surface area contributed by atoms with Gasteiger partial charge in [0.2, 0.25) is 0 Å². The third kappa shape index (κ3) is 3.02. The molecule has 1 spiro atoms. The number of carbonyl (C=O) groups excluding carboxylic acids is 3. The van der Waals surface area contributed by atoms with Crippen LogP contribution in [0.25, 0.3) is 0 Å². The number of esters is 2. The number of aliphatic hydroxyl groups is 1. The van der Waals surface area contributed by atoms with Crippen LogP contribution in [-0.4, -0.2) is 53.3 Å². The number of hydrogen-bond donors (Lipinski definition) is 1. The van der Waals surface area contributed by atoms with Gasteiger partial charge >= 0.3 is 11.9 Å². The van der Waals surface area contributed by atoms with Crippen molar-refractivity contribution in [3.63, 3.8) is 0 Å². The second kappa shape index (κ2) is 7.75. The summed E-state index contributed by atoms with van der Waals surface area (Å²) < 4.78 is 18.0. The average molecular weight is 495 g/mol. The predicted molar refractivity (Wildman–Crippen MR) is 129 cm³/mol. The highest BCUT2D eigenvalue weighted by Gasteiger charge is 2.78. The molecule has 8 atom stereocenters. The van der Waals surface area contributed by atoms with Crippen molar-refractivity contribution in [1.82, 2.24) is 0 Å². The number of hydrogen-bond acceptors (Lipinski definition) is 7. The Morgan fingerprint density at radius 3 is 2.50 bits per heavy atom. The summed E-state index contributed by atoms with van der Waals surface area (Å²) in [5, 5.41) is 12.6. The van der Waals surface area contributed by atoms with E-state index in [9.17, 15) is 19.5 Å². The van der Waals surface area contributed by atoms with Gasteiger partial charge in [0.25, 0.3) is 0 Å². The monoisotopic (exact) mass is 494 g/mol. The molecule has 1 heterocycles. The third-order valence-electron chi connectivity index (χ3n) is 10.1. The van der Waals surface area contributed by atoms with Gasteiger partial charge in [0, 0.05) is 29.6 Å². The zero-order valence-electron chi connectivity index (χ0n) is 21.3.